The number of hydrogen-bond acceptors (Lipinski definition) is 4. The van der Waals surface area contributed by atoms with E-state index in [-0.39, 0.29) is 12.1 Å². The third-order valence-electron chi connectivity index (χ3n) is 3.21. The van der Waals surface area contributed by atoms with Crippen molar-refractivity contribution in [3.63, 3.8) is 0 Å². The second-order valence-electron chi connectivity index (χ2n) is 4.60. The summed E-state index contributed by atoms with van der Waals surface area (Å²) in [6.45, 7) is 0. The van der Waals surface area contributed by atoms with E-state index in [1.807, 2.05) is 0 Å². The van der Waals surface area contributed by atoms with Crippen molar-refractivity contribution in [1.82, 2.24) is 20.6 Å². The number of rotatable bonds is 5. The zero-order chi connectivity index (χ0) is 13.7. The van der Waals surface area contributed by atoms with Gasteiger partial charge in [0.15, 0.2) is 0 Å². The van der Waals surface area contributed by atoms with Crippen LogP contribution in [0.5, 0.6) is 0 Å². The first kappa shape index (κ1) is 13.4. The first-order valence-corrected chi connectivity index (χ1v) is 6.31. The Kier molecular flexibility index (Phi) is 4.38. The van der Waals surface area contributed by atoms with Crippen LogP contribution in [-0.2, 0) is 16.0 Å². The molecule has 0 aliphatic heterocycles. The third-order valence-corrected chi connectivity index (χ3v) is 3.21. The number of carbonyl (C=O) groups is 2. The quantitative estimate of drug-likeness (QED) is 0.670. The van der Waals surface area contributed by atoms with Gasteiger partial charge in [-0.25, -0.2) is 14.6 Å². The molecule has 1 atom stereocenters. The van der Waals surface area contributed by atoms with Gasteiger partial charge in [-0.2, -0.15) is 0 Å². The van der Waals surface area contributed by atoms with Gasteiger partial charge in [0.2, 0.25) is 0 Å². The first-order valence-electron chi connectivity index (χ1n) is 6.31. The average Bonchev–Trinajstić information content (AvgIpc) is 2.85. The van der Waals surface area contributed by atoms with E-state index in [1.165, 1.54) is 13.4 Å². The summed E-state index contributed by atoms with van der Waals surface area (Å²) in [6.07, 6.45) is 6.59. The lowest BCUT2D eigenvalue weighted by Crippen LogP contribution is -2.51. The molecule has 3 N–H and O–H groups in total. The minimum Gasteiger partial charge on any atom is -0.467 e. The molecule has 0 aromatic carbocycles. The number of hydrogen-bond donors (Lipinski definition) is 3. The first-order chi connectivity index (χ1) is 9.19. The van der Waals surface area contributed by atoms with Crippen LogP contribution in [0.2, 0.25) is 0 Å². The van der Waals surface area contributed by atoms with Crippen molar-refractivity contribution >= 4 is 12.0 Å². The molecule has 1 heterocycles. The van der Waals surface area contributed by atoms with Crippen molar-refractivity contribution in [2.45, 2.75) is 37.8 Å². The minimum atomic E-state index is -0.717. The predicted octanol–water partition coefficient (Wildman–Crippen LogP) is 0.345. The van der Waals surface area contributed by atoms with Crippen molar-refractivity contribution < 1.29 is 14.3 Å². The molecule has 0 radical (unpaired) electrons. The fourth-order valence-electron chi connectivity index (χ4n) is 1.89. The van der Waals surface area contributed by atoms with Crippen molar-refractivity contribution in [2.24, 2.45) is 0 Å². The summed E-state index contributed by atoms with van der Waals surface area (Å²) in [7, 11) is 1.30. The highest BCUT2D eigenvalue weighted by atomic mass is 16.5. The molecule has 1 aromatic heterocycles. The number of amides is 2. The Morgan fingerprint density at radius 1 is 1.58 bits per heavy atom. The topological polar surface area (TPSA) is 96.1 Å². The van der Waals surface area contributed by atoms with Gasteiger partial charge in [0.1, 0.15) is 6.04 Å². The summed E-state index contributed by atoms with van der Waals surface area (Å²) >= 11 is 0. The van der Waals surface area contributed by atoms with Gasteiger partial charge in [-0.3, -0.25) is 0 Å². The second-order valence-corrected chi connectivity index (χ2v) is 4.60. The zero-order valence-corrected chi connectivity index (χ0v) is 10.8. The number of carbonyl (C=O) groups excluding carboxylic acids is 2. The van der Waals surface area contributed by atoms with E-state index in [2.05, 4.69) is 20.6 Å². The maximum atomic E-state index is 11.7. The number of methoxy groups -OCH3 is 1. The van der Waals surface area contributed by atoms with Crippen LogP contribution in [0, 0.1) is 0 Å². The van der Waals surface area contributed by atoms with Crippen molar-refractivity contribution in [3.05, 3.63) is 18.2 Å². The average molecular weight is 266 g/mol. The van der Waals surface area contributed by atoms with E-state index < -0.39 is 12.0 Å². The molecule has 7 heteroatoms. The Hall–Kier alpha value is -2.05. The molecule has 2 amide bonds. The minimum absolute atomic E-state index is 0.227. The molecule has 1 saturated carbocycles. The molecule has 104 valence electrons. The molecule has 0 bridgehead atoms. The van der Waals surface area contributed by atoms with Crippen LogP contribution in [0.3, 0.4) is 0 Å². The number of imidazole rings is 1. The largest absolute Gasteiger partial charge is 0.467 e. The molecule has 7 nitrogen and oxygen atoms in total. The Morgan fingerprint density at radius 2 is 2.37 bits per heavy atom. The van der Waals surface area contributed by atoms with E-state index in [9.17, 15) is 9.59 Å². The van der Waals surface area contributed by atoms with Gasteiger partial charge in [-0.15, -0.1) is 0 Å². The van der Waals surface area contributed by atoms with Crippen LogP contribution < -0.4 is 10.6 Å². The summed E-state index contributed by atoms with van der Waals surface area (Å²) in [5, 5.41) is 5.45. The molecule has 1 fully saturated rings. The summed E-state index contributed by atoms with van der Waals surface area (Å²) in [4.78, 5) is 30.2. The Bertz CT molecular complexity index is 428. The SMILES string of the molecule is COC(=O)[C@H](Cc1cnc[nH]1)NC(=O)NC1CCC1. The summed E-state index contributed by atoms with van der Waals surface area (Å²) in [5.74, 6) is -0.474. The van der Waals surface area contributed by atoms with Crippen LogP contribution in [0.25, 0.3) is 0 Å². The predicted molar refractivity (Wildman–Crippen MR) is 67.4 cm³/mol. The maximum Gasteiger partial charge on any atom is 0.328 e. The molecule has 0 spiro atoms. The lowest BCUT2D eigenvalue weighted by molar-refractivity contribution is -0.142. The number of ether oxygens (including phenoxy) is 1. The van der Waals surface area contributed by atoms with E-state index in [0.29, 0.717) is 6.42 Å². The molecule has 0 saturated heterocycles. The van der Waals surface area contributed by atoms with Gasteiger partial charge in [0.05, 0.1) is 13.4 Å². The highest BCUT2D eigenvalue weighted by Crippen LogP contribution is 2.17. The van der Waals surface area contributed by atoms with Crippen LogP contribution in [0.4, 0.5) is 4.79 Å². The molecule has 2 rings (SSSR count). The monoisotopic (exact) mass is 266 g/mol. The van der Waals surface area contributed by atoms with Gasteiger partial charge >= 0.3 is 12.0 Å². The molecule has 1 aliphatic carbocycles. The highest BCUT2D eigenvalue weighted by molar-refractivity contribution is 5.83. The van der Waals surface area contributed by atoms with Gasteiger partial charge in [0, 0.05) is 24.4 Å². The lowest BCUT2D eigenvalue weighted by atomic mass is 9.93. The molecule has 1 aliphatic rings. The van der Waals surface area contributed by atoms with E-state index in [4.69, 9.17) is 4.74 Å². The van der Waals surface area contributed by atoms with Crippen LogP contribution >= 0.6 is 0 Å². The van der Waals surface area contributed by atoms with E-state index >= 15 is 0 Å². The summed E-state index contributed by atoms with van der Waals surface area (Å²) < 4.78 is 4.69. The molecular formula is C12H18N4O3. The second kappa shape index (κ2) is 6.21. The number of esters is 1. The lowest BCUT2D eigenvalue weighted by Gasteiger charge is -2.27. The van der Waals surface area contributed by atoms with Gasteiger partial charge in [-0.1, -0.05) is 0 Å². The smallest absolute Gasteiger partial charge is 0.328 e. The molecule has 0 unspecified atom stereocenters. The van der Waals surface area contributed by atoms with Crippen molar-refractivity contribution in [2.75, 3.05) is 7.11 Å². The number of nitrogens with one attached hydrogen (secondary N) is 3. The Balaban J connectivity index is 1.89. The zero-order valence-electron chi connectivity index (χ0n) is 10.8. The van der Waals surface area contributed by atoms with E-state index in [0.717, 1.165) is 25.0 Å². The summed E-state index contributed by atoms with van der Waals surface area (Å²) in [6, 6.07) is -0.824. The fraction of sp³-hybridized carbons (Fsp3) is 0.583. The number of H-pyrrole nitrogens is 1. The van der Waals surface area contributed by atoms with Crippen LogP contribution in [0.1, 0.15) is 25.0 Å². The third kappa shape index (κ3) is 3.70. The number of urea groups is 1. The Morgan fingerprint density at radius 3 is 2.89 bits per heavy atom. The van der Waals surface area contributed by atoms with E-state index in [1.54, 1.807) is 6.20 Å². The van der Waals surface area contributed by atoms with Crippen molar-refractivity contribution in [3.8, 4) is 0 Å². The number of nitrogens with zero attached hydrogens (tertiary/aromatic N) is 1. The standard InChI is InChI=1S/C12H18N4O3/c1-19-11(17)10(5-9-6-13-7-14-9)16-12(18)15-8-3-2-4-8/h6-8,10H,2-5H2,1H3,(H,13,14)(H2,15,16,18)/t10-/m0/s1. The van der Waals surface area contributed by atoms with Gasteiger partial charge < -0.3 is 20.4 Å². The molecule has 1 aromatic rings. The number of aromatic amines is 1. The van der Waals surface area contributed by atoms with Crippen LogP contribution in [0.15, 0.2) is 12.5 Å². The van der Waals surface area contributed by atoms with Gasteiger partial charge in [-0.05, 0) is 19.3 Å². The molecular weight excluding hydrogens is 248 g/mol. The number of aromatic nitrogens is 2. The molecule has 19 heavy (non-hydrogen) atoms. The normalized spacial score (nSPS) is 16.3. The fourth-order valence-corrected chi connectivity index (χ4v) is 1.89. The summed E-state index contributed by atoms with van der Waals surface area (Å²) in [5.41, 5.74) is 0.763. The Labute approximate surface area is 111 Å². The maximum absolute atomic E-state index is 11.7. The highest BCUT2D eigenvalue weighted by Gasteiger charge is 2.25. The van der Waals surface area contributed by atoms with Crippen LogP contribution in [-0.4, -0.2) is 41.2 Å². The van der Waals surface area contributed by atoms with Gasteiger partial charge in [0.25, 0.3) is 0 Å². The van der Waals surface area contributed by atoms with Crippen molar-refractivity contribution in [1.29, 1.82) is 0 Å².